The Hall–Kier alpha value is -0.760. The molecule has 0 aliphatic heterocycles. The molecule has 0 rings (SSSR count). The van der Waals surface area contributed by atoms with Crippen LogP contribution < -0.4 is 11.1 Å². The van der Waals surface area contributed by atoms with Crippen LogP contribution in [0.15, 0.2) is 12.2 Å². The maximum absolute atomic E-state index is 12.6. The van der Waals surface area contributed by atoms with Crippen molar-refractivity contribution in [1.29, 1.82) is 0 Å². The Labute approximate surface area is 258 Å². The van der Waals surface area contributed by atoms with Gasteiger partial charge in [0.25, 0.3) is 0 Å². The van der Waals surface area contributed by atoms with Crippen molar-refractivity contribution in [2.75, 3.05) is 19.8 Å². The molecule has 0 heterocycles. The summed E-state index contributed by atoms with van der Waals surface area (Å²) in [4.78, 5) is 22.4. The van der Waals surface area contributed by atoms with Crippen LogP contribution in [0.5, 0.6) is 0 Å². The van der Waals surface area contributed by atoms with E-state index in [1.165, 1.54) is 103 Å². The fourth-order valence-corrected chi connectivity index (χ4v) is 5.71. The largest absolute Gasteiger partial charge is 0.472 e. The van der Waals surface area contributed by atoms with Crippen LogP contribution in [0.25, 0.3) is 0 Å². The monoisotopic (exact) mass is 618 g/mol. The minimum Gasteiger partial charge on any atom is -0.387 e. The van der Waals surface area contributed by atoms with Gasteiger partial charge in [0.1, 0.15) is 0 Å². The lowest BCUT2D eigenvalue weighted by molar-refractivity contribution is -0.123. The van der Waals surface area contributed by atoms with E-state index in [1.807, 2.05) is 6.08 Å². The Morgan fingerprint density at radius 3 is 1.69 bits per heavy atom. The van der Waals surface area contributed by atoms with Gasteiger partial charge in [-0.1, -0.05) is 148 Å². The highest BCUT2D eigenvalue weighted by Gasteiger charge is 2.26. The second-order valence-electron chi connectivity index (χ2n) is 11.7. The van der Waals surface area contributed by atoms with Crippen molar-refractivity contribution in [2.24, 2.45) is 5.73 Å². The third-order valence-corrected chi connectivity index (χ3v) is 8.60. The molecule has 250 valence electrons. The molecule has 3 atom stereocenters. The number of allylic oxidation sites excluding steroid dienone is 1. The van der Waals surface area contributed by atoms with Crippen molar-refractivity contribution in [3.8, 4) is 0 Å². The van der Waals surface area contributed by atoms with Crippen LogP contribution in [0.1, 0.15) is 162 Å². The fraction of sp³-hybridized carbons (Fsp3) is 0.909. The summed E-state index contributed by atoms with van der Waals surface area (Å²) in [5.74, 6) is -0.200. The molecule has 5 N–H and O–H groups in total. The second kappa shape index (κ2) is 30.3. The van der Waals surface area contributed by atoms with Crippen LogP contribution in [0, 0.1) is 0 Å². The predicted octanol–water partition coefficient (Wildman–Crippen LogP) is 8.49. The molecule has 8 nitrogen and oxygen atoms in total. The molecule has 0 aromatic heterocycles. The van der Waals surface area contributed by atoms with E-state index in [9.17, 15) is 19.4 Å². The van der Waals surface area contributed by atoms with Crippen molar-refractivity contribution in [1.82, 2.24) is 5.32 Å². The van der Waals surface area contributed by atoms with Crippen LogP contribution in [-0.4, -0.2) is 47.8 Å². The number of nitrogens with two attached hydrogens (primary N) is 1. The Kier molecular flexibility index (Phi) is 29.7. The van der Waals surface area contributed by atoms with Crippen molar-refractivity contribution < 1.29 is 28.4 Å². The third kappa shape index (κ3) is 28.0. The van der Waals surface area contributed by atoms with E-state index < -0.39 is 20.0 Å². The number of phosphoric acid groups is 1. The topological polar surface area (TPSA) is 131 Å². The zero-order valence-electron chi connectivity index (χ0n) is 27.2. The number of nitrogens with one attached hydrogen (secondary N) is 1. The van der Waals surface area contributed by atoms with Gasteiger partial charge in [0, 0.05) is 13.0 Å². The lowest BCUT2D eigenvalue weighted by Crippen LogP contribution is -2.45. The van der Waals surface area contributed by atoms with Crippen molar-refractivity contribution in [3.63, 3.8) is 0 Å². The minimum absolute atomic E-state index is 0.0806. The number of carbonyl (C=O) groups is 1. The van der Waals surface area contributed by atoms with Crippen molar-refractivity contribution in [3.05, 3.63) is 12.2 Å². The van der Waals surface area contributed by atoms with Gasteiger partial charge in [0.15, 0.2) is 0 Å². The van der Waals surface area contributed by atoms with Gasteiger partial charge in [0.05, 0.1) is 25.4 Å². The van der Waals surface area contributed by atoms with E-state index in [-0.39, 0.29) is 25.7 Å². The third-order valence-electron chi connectivity index (χ3n) is 7.61. The van der Waals surface area contributed by atoms with Gasteiger partial charge in [0.2, 0.25) is 5.91 Å². The van der Waals surface area contributed by atoms with E-state index in [1.54, 1.807) is 6.08 Å². The predicted molar refractivity (Wildman–Crippen MR) is 175 cm³/mol. The second-order valence-corrected chi connectivity index (χ2v) is 13.2. The molecule has 0 aromatic rings. The first kappa shape index (κ1) is 41.2. The van der Waals surface area contributed by atoms with Crippen LogP contribution in [0.3, 0.4) is 0 Å². The molecular formula is C33H67N2O6P. The summed E-state index contributed by atoms with van der Waals surface area (Å²) in [7, 11) is -4.32. The molecule has 0 spiro atoms. The van der Waals surface area contributed by atoms with Gasteiger partial charge < -0.3 is 21.1 Å². The summed E-state index contributed by atoms with van der Waals surface area (Å²) in [6.07, 6.45) is 29.7. The Bertz CT molecular complexity index is 679. The van der Waals surface area contributed by atoms with Crippen LogP contribution in [0.2, 0.25) is 0 Å². The standard InChI is InChI=1S/C33H67N2O6P/c1-3-5-7-9-11-13-14-15-16-17-18-19-20-22-24-26-32(36)31(30-41-42(38,39)40-29-28-34)35-33(37)27-25-23-21-12-10-8-6-4-2/h24,26,31-32,36H,3-23,25,27-30,34H2,1-2H3,(H,35,37)(H,38,39)/b26-24+/t31-,32+/m0/s1. The number of unbranched alkanes of at least 4 members (excludes halogenated alkanes) is 20. The minimum atomic E-state index is -4.32. The lowest BCUT2D eigenvalue weighted by Gasteiger charge is -2.23. The van der Waals surface area contributed by atoms with Crippen molar-refractivity contribution in [2.45, 2.75) is 174 Å². The van der Waals surface area contributed by atoms with Gasteiger partial charge >= 0.3 is 7.82 Å². The summed E-state index contributed by atoms with van der Waals surface area (Å²) >= 11 is 0. The zero-order valence-corrected chi connectivity index (χ0v) is 28.1. The summed E-state index contributed by atoms with van der Waals surface area (Å²) in [5, 5.41) is 13.5. The van der Waals surface area contributed by atoms with E-state index in [0.29, 0.717) is 6.42 Å². The molecular weight excluding hydrogens is 551 g/mol. The van der Waals surface area contributed by atoms with Gasteiger partial charge in [-0.25, -0.2) is 4.57 Å². The SMILES string of the molecule is CCCCCCCCCCCCCCC/C=C/[C@@H](O)[C@H](COP(=O)(O)OCCN)NC(=O)CCCCCCCCCC. The molecule has 9 heteroatoms. The van der Waals surface area contributed by atoms with Crippen LogP contribution in [0.4, 0.5) is 0 Å². The first-order valence-corrected chi connectivity index (χ1v) is 18.8. The quantitative estimate of drug-likeness (QED) is 0.0338. The van der Waals surface area contributed by atoms with Crippen LogP contribution >= 0.6 is 7.82 Å². The summed E-state index contributed by atoms with van der Waals surface area (Å²) < 4.78 is 21.9. The molecule has 0 fully saturated rings. The van der Waals surface area contributed by atoms with Crippen molar-refractivity contribution >= 4 is 13.7 Å². The Balaban J connectivity index is 4.33. The van der Waals surface area contributed by atoms with Gasteiger partial charge in [-0.05, 0) is 19.3 Å². The summed E-state index contributed by atoms with van der Waals surface area (Å²) in [5.41, 5.74) is 5.33. The van der Waals surface area contributed by atoms with Gasteiger partial charge in [-0.15, -0.1) is 0 Å². The molecule has 0 aliphatic carbocycles. The maximum atomic E-state index is 12.6. The number of aliphatic hydroxyl groups is 1. The molecule has 0 aromatic carbocycles. The molecule has 42 heavy (non-hydrogen) atoms. The number of phosphoric ester groups is 1. The molecule has 0 aliphatic rings. The average Bonchev–Trinajstić information content (AvgIpc) is 2.97. The number of rotatable bonds is 32. The normalized spacial score (nSPS) is 14.7. The number of aliphatic hydroxyl groups excluding tert-OH is 1. The summed E-state index contributed by atoms with van der Waals surface area (Å²) in [6.45, 7) is 4.08. The first-order valence-electron chi connectivity index (χ1n) is 17.3. The Morgan fingerprint density at radius 1 is 0.762 bits per heavy atom. The number of carbonyl (C=O) groups excluding carboxylic acids is 1. The number of hydrogen-bond donors (Lipinski definition) is 4. The molecule has 1 unspecified atom stereocenters. The van der Waals surface area contributed by atoms with E-state index in [2.05, 4.69) is 19.2 Å². The highest BCUT2D eigenvalue weighted by molar-refractivity contribution is 7.47. The fourth-order valence-electron chi connectivity index (χ4n) is 4.95. The number of hydrogen-bond acceptors (Lipinski definition) is 6. The highest BCUT2D eigenvalue weighted by Crippen LogP contribution is 2.43. The smallest absolute Gasteiger partial charge is 0.387 e. The summed E-state index contributed by atoms with van der Waals surface area (Å²) in [6, 6.07) is -0.851. The Morgan fingerprint density at radius 2 is 1.21 bits per heavy atom. The molecule has 0 bridgehead atoms. The first-order chi connectivity index (χ1) is 20.4. The molecule has 0 saturated carbocycles. The average molecular weight is 619 g/mol. The van der Waals surface area contributed by atoms with Gasteiger partial charge in [-0.2, -0.15) is 0 Å². The molecule has 0 radical (unpaired) electrons. The lowest BCUT2D eigenvalue weighted by atomic mass is 10.0. The van der Waals surface area contributed by atoms with Gasteiger partial charge in [-0.3, -0.25) is 13.8 Å². The van der Waals surface area contributed by atoms with E-state index in [4.69, 9.17) is 14.8 Å². The molecule has 0 saturated heterocycles. The van der Waals surface area contributed by atoms with Crippen LogP contribution in [-0.2, 0) is 18.4 Å². The van der Waals surface area contributed by atoms with E-state index in [0.717, 1.165) is 38.5 Å². The number of amides is 1. The maximum Gasteiger partial charge on any atom is 0.472 e. The highest BCUT2D eigenvalue weighted by atomic mass is 31.2. The van der Waals surface area contributed by atoms with E-state index >= 15 is 0 Å². The molecule has 1 amide bonds. The zero-order chi connectivity index (χ0) is 31.2.